The van der Waals surface area contributed by atoms with Crippen molar-refractivity contribution in [2.75, 3.05) is 17.2 Å². The molecule has 0 unspecified atom stereocenters. The van der Waals surface area contributed by atoms with Crippen molar-refractivity contribution < 1.29 is 4.79 Å². The molecule has 1 saturated carbocycles. The molecule has 2 N–H and O–H groups in total. The van der Waals surface area contributed by atoms with Gasteiger partial charge in [0.15, 0.2) is 0 Å². The number of aryl methyl sites for hydroxylation is 1. The third-order valence-corrected chi connectivity index (χ3v) is 3.61. The second kappa shape index (κ2) is 5.89. The Bertz CT molecular complexity index is 423. The van der Waals surface area contributed by atoms with Crippen LogP contribution in [0.3, 0.4) is 0 Å². The van der Waals surface area contributed by atoms with Crippen LogP contribution in [0.25, 0.3) is 0 Å². The van der Waals surface area contributed by atoms with Crippen LogP contribution in [0.1, 0.15) is 38.2 Å². The fourth-order valence-corrected chi connectivity index (χ4v) is 2.56. The SMILES string of the molecule is CC(=O)Nc1ccc(C)c(NCC2CCCC2)c1. The van der Waals surface area contributed by atoms with Crippen LogP contribution in [0.2, 0.25) is 0 Å². The molecule has 0 spiro atoms. The molecule has 1 fully saturated rings. The van der Waals surface area contributed by atoms with Crippen molar-refractivity contribution in [3.63, 3.8) is 0 Å². The summed E-state index contributed by atoms with van der Waals surface area (Å²) in [5.41, 5.74) is 3.22. The lowest BCUT2D eigenvalue weighted by atomic mass is 10.1. The molecular weight excluding hydrogens is 224 g/mol. The number of carbonyl (C=O) groups is 1. The topological polar surface area (TPSA) is 41.1 Å². The number of rotatable bonds is 4. The molecule has 3 nitrogen and oxygen atoms in total. The second-order valence-electron chi connectivity index (χ2n) is 5.24. The molecule has 18 heavy (non-hydrogen) atoms. The van der Waals surface area contributed by atoms with Crippen LogP contribution < -0.4 is 10.6 Å². The molecule has 1 aromatic carbocycles. The van der Waals surface area contributed by atoms with Crippen LogP contribution in [0, 0.1) is 12.8 Å². The number of hydrogen-bond acceptors (Lipinski definition) is 2. The van der Waals surface area contributed by atoms with Crippen LogP contribution in [-0.2, 0) is 4.79 Å². The van der Waals surface area contributed by atoms with Crippen molar-refractivity contribution in [3.05, 3.63) is 23.8 Å². The summed E-state index contributed by atoms with van der Waals surface area (Å²) in [4.78, 5) is 11.0. The normalized spacial score (nSPS) is 15.7. The molecule has 1 aromatic rings. The summed E-state index contributed by atoms with van der Waals surface area (Å²) >= 11 is 0. The Morgan fingerprint density at radius 1 is 1.33 bits per heavy atom. The molecule has 0 atom stereocenters. The van der Waals surface area contributed by atoms with Crippen molar-refractivity contribution in [3.8, 4) is 0 Å². The van der Waals surface area contributed by atoms with Crippen molar-refractivity contribution in [2.24, 2.45) is 5.92 Å². The van der Waals surface area contributed by atoms with E-state index < -0.39 is 0 Å². The van der Waals surface area contributed by atoms with Gasteiger partial charge < -0.3 is 10.6 Å². The van der Waals surface area contributed by atoms with Crippen molar-refractivity contribution in [1.29, 1.82) is 0 Å². The fourth-order valence-electron chi connectivity index (χ4n) is 2.56. The summed E-state index contributed by atoms with van der Waals surface area (Å²) in [7, 11) is 0. The Kier molecular flexibility index (Phi) is 4.24. The first-order valence-corrected chi connectivity index (χ1v) is 6.77. The van der Waals surface area contributed by atoms with Gasteiger partial charge in [-0.1, -0.05) is 18.9 Å². The monoisotopic (exact) mass is 246 g/mol. The van der Waals surface area contributed by atoms with Crippen LogP contribution in [0.5, 0.6) is 0 Å². The number of benzene rings is 1. The lowest BCUT2D eigenvalue weighted by Gasteiger charge is -2.15. The van der Waals surface area contributed by atoms with E-state index in [0.717, 1.165) is 23.8 Å². The second-order valence-corrected chi connectivity index (χ2v) is 5.24. The highest BCUT2D eigenvalue weighted by Crippen LogP contribution is 2.26. The zero-order chi connectivity index (χ0) is 13.0. The van der Waals surface area contributed by atoms with Gasteiger partial charge in [-0.05, 0) is 43.4 Å². The Labute approximate surface area is 109 Å². The first-order valence-electron chi connectivity index (χ1n) is 6.77. The summed E-state index contributed by atoms with van der Waals surface area (Å²) in [6, 6.07) is 6.01. The number of nitrogens with one attached hydrogen (secondary N) is 2. The first-order chi connectivity index (χ1) is 8.65. The van der Waals surface area contributed by atoms with Crippen LogP contribution in [-0.4, -0.2) is 12.5 Å². The molecule has 0 bridgehead atoms. The molecule has 1 amide bonds. The van der Waals surface area contributed by atoms with Crippen molar-refractivity contribution >= 4 is 17.3 Å². The van der Waals surface area contributed by atoms with Gasteiger partial charge in [0.1, 0.15) is 0 Å². The van der Waals surface area contributed by atoms with Gasteiger partial charge in [-0.15, -0.1) is 0 Å². The quantitative estimate of drug-likeness (QED) is 0.853. The third kappa shape index (κ3) is 3.49. The maximum atomic E-state index is 11.0. The first kappa shape index (κ1) is 12.9. The predicted molar refractivity (Wildman–Crippen MR) is 75.9 cm³/mol. The molecule has 2 rings (SSSR count). The van der Waals surface area contributed by atoms with Gasteiger partial charge in [0.05, 0.1) is 0 Å². The van der Waals surface area contributed by atoms with Gasteiger partial charge >= 0.3 is 0 Å². The molecule has 0 saturated heterocycles. The third-order valence-electron chi connectivity index (χ3n) is 3.61. The average Bonchev–Trinajstić information content (AvgIpc) is 2.82. The van der Waals surface area contributed by atoms with E-state index in [-0.39, 0.29) is 5.91 Å². The number of anilines is 2. The summed E-state index contributed by atoms with van der Waals surface area (Å²) < 4.78 is 0. The molecular formula is C15H22N2O. The highest BCUT2D eigenvalue weighted by Gasteiger charge is 2.14. The van der Waals surface area contributed by atoms with E-state index in [2.05, 4.69) is 17.6 Å². The predicted octanol–water partition coefficient (Wildman–Crippen LogP) is 3.56. The maximum Gasteiger partial charge on any atom is 0.221 e. The van der Waals surface area contributed by atoms with Crippen molar-refractivity contribution in [2.45, 2.75) is 39.5 Å². The average molecular weight is 246 g/mol. The fraction of sp³-hybridized carbons (Fsp3) is 0.533. The van der Waals surface area contributed by atoms with E-state index >= 15 is 0 Å². The van der Waals surface area contributed by atoms with Crippen LogP contribution in [0.15, 0.2) is 18.2 Å². The van der Waals surface area contributed by atoms with Crippen molar-refractivity contribution in [1.82, 2.24) is 0 Å². The Morgan fingerprint density at radius 3 is 2.72 bits per heavy atom. The van der Waals surface area contributed by atoms with Gasteiger partial charge in [0.25, 0.3) is 0 Å². The standard InChI is InChI=1S/C15H22N2O/c1-11-7-8-14(17-12(2)18)9-15(11)16-10-13-5-3-4-6-13/h7-9,13,16H,3-6,10H2,1-2H3,(H,17,18). The lowest BCUT2D eigenvalue weighted by Crippen LogP contribution is -2.12. The molecule has 3 heteroatoms. The Morgan fingerprint density at radius 2 is 2.06 bits per heavy atom. The minimum atomic E-state index is -0.0272. The van der Waals surface area contributed by atoms with Gasteiger partial charge in [-0.2, -0.15) is 0 Å². The van der Waals surface area contributed by atoms with Gasteiger partial charge in [-0.3, -0.25) is 4.79 Å². The van der Waals surface area contributed by atoms with Crippen LogP contribution >= 0.6 is 0 Å². The van der Waals surface area contributed by atoms with E-state index in [0.29, 0.717) is 0 Å². The zero-order valence-electron chi connectivity index (χ0n) is 11.3. The molecule has 1 aliphatic carbocycles. The van der Waals surface area contributed by atoms with Gasteiger partial charge in [0, 0.05) is 24.8 Å². The molecule has 0 heterocycles. The van der Waals surface area contributed by atoms with E-state index in [1.807, 2.05) is 18.2 Å². The summed E-state index contributed by atoms with van der Waals surface area (Å²) in [5, 5.41) is 6.34. The van der Waals surface area contributed by atoms with Crippen LogP contribution in [0.4, 0.5) is 11.4 Å². The Balaban J connectivity index is 1.98. The largest absolute Gasteiger partial charge is 0.384 e. The van der Waals surface area contributed by atoms with E-state index in [1.165, 1.54) is 38.2 Å². The lowest BCUT2D eigenvalue weighted by molar-refractivity contribution is -0.114. The highest BCUT2D eigenvalue weighted by molar-refractivity contribution is 5.89. The number of amides is 1. The van der Waals surface area contributed by atoms with E-state index in [1.54, 1.807) is 0 Å². The number of carbonyl (C=O) groups excluding carboxylic acids is 1. The van der Waals surface area contributed by atoms with E-state index in [9.17, 15) is 4.79 Å². The minimum Gasteiger partial charge on any atom is -0.384 e. The molecule has 1 aliphatic rings. The number of hydrogen-bond donors (Lipinski definition) is 2. The maximum absolute atomic E-state index is 11.0. The summed E-state index contributed by atoms with van der Waals surface area (Å²) in [5.74, 6) is 0.786. The summed E-state index contributed by atoms with van der Waals surface area (Å²) in [6.45, 7) is 4.67. The summed E-state index contributed by atoms with van der Waals surface area (Å²) in [6.07, 6.45) is 5.43. The highest BCUT2D eigenvalue weighted by atomic mass is 16.1. The van der Waals surface area contributed by atoms with E-state index in [4.69, 9.17) is 0 Å². The molecule has 0 aliphatic heterocycles. The minimum absolute atomic E-state index is 0.0272. The van der Waals surface area contributed by atoms with Gasteiger partial charge in [0.2, 0.25) is 5.91 Å². The molecule has 98 valence electrons. The molecule has 0 radical (unpaired) electrons. The Hall–Kier alpha value is -1.51. The molecule has 0 aromatic heterocycles. The zero-order valence-corrected chi connectivity index (χ0v) is 11.3. The smallest absolute Gasteiger partial charge is 0.221 e. The van der Waals surface area contributed by atoms with Gasteiger partial charge in [-0.25, -0.2) is 0 Å².